The highest BCUT2D eigenvalue weighted by Crippen LogP contribution is 2.37. The fourth-order valence-corrected chi connectivity index (χ4v) is 2.91. The van der Waals surface area contributed by atoms with E-state index < -0.39 is 0 Å². The molecule has 2 aromatic rings. The summed E-state index contributed by atoms with van der Waals surface area (Å²) in [6.07, 6.45) is 0. The summed E-state index contributed by atoms with van der Waals surface area (Å²) in [6.45, 7) is 1.76. The summed E-state index contributed by atoms with van der Waals surface area (Å²) in [5.74, 6) is -0.502. The number of halogens is 2. The lowest BCUT2D eigenvalue weighted by Crippen LogP contribution is -2.22. The molecule has 0 spiro atoms. The number of hydrogen-bond acceptors (Lipinski definition) is 2. The Morgan fingerprint density at radius 2 is 1.42 bits per heavy atom. The van der Waals surface area contributed by atoms with Crippen LogP contribution in [0.15, 0.2) is 30.3 Å². The Balaban J connectivity index is 2.43. The number of carbonyl (C=O) groups is 2. The van der Waals surface area contributed by atoms with Crippen molar-refractivity contribution < 1.29 is 9.59 Å². The lowest BCUT2D eigenvalue weighted by Gasteiger charge is -2.20. The fourth-order valence-electron chi connectivity index (χ4n) is 2.34. The molecule has 19 heavy (non-hydrogen) atoms. The molecular weight excluding hydrogens is 283 g/mol. The maximum absolute atomic E-state index is 12.5. The van der Waals surface area contributed by atoms with Crippen molar-refractivity contribution in [2.45, 2.75) is 6.92 Å². The van der Waals surface area contributed by atoms with Crippen LogP contribution >= 0.6 is 23.2 Å². The molecule has 0 saturated carbocycles. The van der Waals surface area contributed by atoms with Crippen molar-refractivity contribution in [3.05, 3.63) is 68.2 Å². The molecule has 0 saturated heterocycles. The minimum absolute atomic E-state index is 0.209. The summed E-state index contributed by atoms with van der Waals surface area (Å²) in [5, 5.41) is 0.567. The van der Waals surface area contributed by atoms with Gasteiger partial charge in [0, 0.05) is 11.1 Å². The van der Waals surface area contributed by atoms with E-state index in [4.69, 9.17) is 23.2 Å². The summed E-state index contributed by atoms with van der Waals surface area (Å²) in [7, 11) is 0. The SMILES string of the molecule is Cc1cc(Cl)c2c(c1Cl)C(=O)c1ccccc1C2=O. The predicted octanol–water partition coefficient (Wildman–Crippen LogP) is 4.08. The first-order chi connectivity index (χ1) is 9.02. The van der Waals surface area contributed by atoms with E-state index >= 15 is 0 Å². The van der Waals surface area contributed by atoms with Crippen molar-refractivity contribution in [2.75, 3.05) is 0 Å². The van der Waals surface area contributed by atoms with Crippen LogP contribution in [-0.4, -0.2) is 11.6 Å². The van der Waals surface area contributed by atoms with Crippen molar-refractivity contribution in [3.63, 3.8) is 0 Å². The Morgan fingerprint density at radius 1 is 0.895 bits per heavy atom. The third-order valence-electron chi connectivity index (χ3n) is 3.27. The first kappa shape index (κ1) is 12.4. The highest BCUT2D eigenvalue weighted by atomic mass is 35.5. The molecule has 0 atom stereocenters. The van der Waals surface area contributed by atoms with Gasteiger partial charge in [-0.05, 0) is 18.6 Å². The number of fused-ring (bicyclic) bond motifs is 2. The zero-order valence-corrected chi connectivity index (χ0v) is 11.5. The maximum Gasteiger partial charge on any atom is 0.196 e. The smallest absolute Gasteiger partial charge is 0.196 e. The number of rotatable bonds is 0. The molecule has 4 heteroatoms. The Bertz CT molecular complexity index is 748. The monoisotopic (exact) mass is 290 g/mol. The van der Waals surface area contributed by atoms with Gasteiger partial charge in [-0.15, -0.1) is 0 Å². The van der Waals surface area contributed by atoms with E-state index in [1.165, 1.54) is 0 Å². The van der Waals surface area contributed by atoms with Crippen LogP contribution in [0, 0.1) is 6.92 Å². The molecule has 0 aliphatic heterocycles. The fraction of sp³-hybridized carbons (Fsp3) is 0.0667. The van der Waals surface area contributed by atoms with E-state index in [0.29, 0.717) is 21.7 Å². The second-order valence-corrected chi connectivity index (χ2v) is 5.23. The molecule has 1 aliphatic rings. The van der Waals surface area contributed by atoms with Gasteiger partial charge in [0.05, 0.1) is 21.2 Å². The molecule has 1 aliphatic carbocycles. The molecule has 94 valence electrons. The molecule has 2 nitrogen and oxygen atoms in total. The molecule has 0 heterocycles. The van der Waals surface area contributed by atoms with Gasteiger partial charge >= 0.3 is 0 Å². The van der Waals surface area contributed by atoms with Gasteiger partial charge in [-0.25, -0.2) is 0 Å². The lowest BCUT2D eigenvalue weighted by atomic mass is 9.83. The molecule has 3 rings (SSSR count). The average Bonchev–Trinajstić information content (AvgIpc) is 2.40. The van der Waals surface area contributed by atoms with Crippen LogP contribution in [0.25, 0.3) is 0 Å². The normalized spacial score (nSPS) is 13.2. The average molecular weight is 291 g/mol. The molecule has 0 amide bonds. The van der Waals surface area contributed by atoms with Crippen molar-refractivity contribution >= 4 is 34.8 Å². The maximum atomic E-state index is 12.5. The number of benzene rings is 2. The predicted molar refractivity (Wildman–Crippen MR) is 74.5 cm³/mol. The van der Waals surface area contributed by atoms with E-state index in [1.807, 2.05) is 0 Å². The van der Waals surface area contributed by atoms with Crippen LogP contribution in [0.5, 0.6) is 0 Å². The zero-order valence-electron chi connectivity index (χ0n) is 9.96. The first-order valence-electron chi connectivity index (χ1n) is 5.69. The van der Waals surface area contributed by atoms with Crippen LogP contribution in [0.2, 0.25) is 10.0 Å². The lowest BCUT2D eigenvalue weighted by molar-refractivity contribution is 0.0979. The summed E-state index contributed by atoms with van der Waals surface area (Å²) in [6, 6.07) is 8.31. The van der Waals surface area contributed by atoms with E-state index in [1.54, 1.807) is 37.3 Å². The third kappa shape index (κ3) is 1.64. The first-order valence-corrected chi connectivity index (χ1v) is 6.45. The van der Waals surface area contributed by atoms with E-state index in [2.05, 4.69) is 0 Å². The summed E-state index contributed by atoms with van der Waals surface area (Å²) >= 11 is 12.3. The number of hydrogen-bond donors (Lipinski definition) is 0. The Labute approximate surface area is 120 Å². The number of aryl methyl sites for hydroxylation is 1. The van der Waals surface area contributed by atoms with Crippen molar-refractivity contribution in [1.29, 1.82) is 0 Å². The Hall–Kier alpha value is -1.64. The number of ketones is 2. The Morgan fingerprint density at radius 3 is 2.00 bits per heavy atom. The third-order valence-corrected chi connectivity index (χ3v) is 4.05. The zero-order chi connectivity index (χ0) is 13.7. The van der Waals surface area contributed by atoms with Crippen molar-refractivity contribution in [2.24, 2.45) is 0 Å². The van der Waals surface area contributed by atoms with Gasteiger partial charge in [-0.2, -0.15) is 0 Å². The van der Waals surface area contributed by atoms with Gasteiger partial charge < -0.3 is 0 Å². The minimum Gasteiger partial charge on any atom is -0.289 e. The van der Waals surface area contributed by atoms with Gasteiger partial charge in [0.25, 0.3) is 0 Å². The van der Waals surface area contributed by atoms with Crippen molar-refractivity contribution in [3.8, 4) is 0 Å². The quantitative estimate of drug-likeness (QED) is 0.625. The molecule has 2 aromatic carbocycles. The van der Waals surface area contributed by atoms with E-state index in [0.717, 1.165) is 0 Å². The molecule has 0 bridgehead atoms. The highest BCUT2D eigenvalue weighted by molar-refractivity contribution is 6.43. The molecule has 0 aromatic heterocycles. The highest BCUT2D eigenvalue weighted by Gasteiger charge is 2.33. The number of carbonyl (C=O) groups excluding carboxylic acids is 2. The van der Waals surface area contributed by atoms with Gasteiger partial charge in [-0.3, -0.25) is 9.59 Å². The van der Waals surface area contributed by atoms with E-state index in [-0.39, 0.29) is 27.7 Å². The standard InChI is InChI=1S/C15H8Cl2O2/c1-7-6-10(16)11-12(13(7)17)15(19)9-5-3-2-4-8(9)14(11)18/h2-6H,1H3. The van der Waals surface area contributed by atoms with Crippen LogP contribution < -0.4 is 0 Å². The molecule has 0 radical (unpaired) electrons. The second kappa shape index (κ2) is 4.19. The largest absolute Gasteiger partial charge is 0.289 e. The van der Waals surface area contributed by atoms with Gasteiger partial charge in [-0.1, -0.05) is 47.5 Å². The van der Waals surface area contributed by atoms with Crippen LogP contribution in [0.4, 0.5) is 0 Å². The van der Waals surface area contributed by atoms with Gasteiger partial charge in [0.15, 0.2) is 11.6 Å². The summed E-state index contributed by atoms with van der Waals surface area (Å²) in [5.41, 5.74) is 1.87. The summed E-state index contributed by atoms with van der Waals surface area (Å²) < 4.78 is 0. The second-order valence-electron chi connectivity index (χ2n) is 4.44. The minimum atomic E-state index is -0.253. The Kier molecular flexibility index (Phi) is 2.73. The molecule has 0 unspecified atom stereocenters. The van der Waals surface area contributed by atoms with Crippen LogP contribution in [0.3, 0.4) is 0 Å². The van der Waals surface area contributed by atoms with Crippen LogP contribution in [-0.2, 0) is 0 Å². The topological polar surface area (TPSA) is 34.1 Å². The van der Waals surface area contributed by atoms with Gasteiger partial charge in [0.2, 0.25) is 0 Å². The van der Waals surface area contributed by atoms with Crippen LogP contribution in [0.1, 0.15) is 37.4 Å². The van der Waals surface area contributed by atoms with E-state index in [9.17, 15) is 9.59 Å². The summed E-state index contributed by atoms with van der Waals surface area (Å²) in [4.78, 5) is 24.9. The molecular formula is C15H8Cl2O2. The molecule has 0 N–H and O–H groups in total. The molecule has 0 fully saturated rings. The van der Waals surface area contributed by atoms with Gasteiger partial charge in [0.1, 0.15) is 0 Å². The van der Waals surface area contributed by atoms with Crippen molar-refractivity contribution in [1.82, 2.24) is 0 Å².